The second-order valence-electron chi connectivity index (χ2n) is 4.49. The average Bonchev–Trinajstić information content (AvgIpc) is 2.47. The number of nitrogens with zero attached hydrogens (tertiary/aromatic N) is 5. The molecular formula is C12H25N7O. The molecule has 0 saturated heterocycles. The summed E-state index contributed by atoms with van der Waals surface area (Å²) in [6.45, 7) is 8.39. The van der Waals surface area contributed by atoms with Crippen LogP contribution in [0.1, 0.15) is 20.8 Å². The van der Waals surface area contributed by atoms with Crippen molar-refractivity contribution in [2.75, 3.05) is 49.1 Å². The van der Waals surface area contributed by atoms with Gasteiger partial charge in [-0.15, -0.1) is 0 Å². The topological polar surface area (TPSA) is 92.4 Å². The lowest BCUT2D eigenvalue weighted by Crippen LogP contribution is -2.35. The summed E-state index contributed by atoms with van der Waals surface area (Å²) >= 11 is 0. The van der Waals surface area contributed by atoms with Crippen LogP contribution in [-0.4, -0.2) is 54.8 Å². The molecule has 1 unspecified atom stereocenters. The second kappa shape index (κ2) is 7.81. The molecule has 20 heavy (non-hydrogen) atoms. The number of likely N-dealkylation sites (N-methyl/N-ethyl adjacent to an activating group) is 1. The largest absolute Gasteiger partial charge is 0.383 e. The van der Waals surface area contributed by atoms with E-state index < -0.39 is 0 Å². The average molecular weight is 283 g/mol. The second-order valence-corrected chi connectivity index (χ2v) is 4.49. The van der Waals surface area contributed by atoms with Crippen LogP contribution in [0.25, 0.3) is 0 Å². The third kappa shape index (κ3) is 3.91. The van der Waals surface area contributed by atoms with Crippen LogP contribution in [0.2, 0.25) is 0 Å². The molecule has 0 bridgehead atoms. The fraction of sp³-hybridized carbons (Fsp3) is 0.750. The van der Waals surface area contributed by atoms with Gasteiger partial charge in [0.05, 0.1) is 12.6 Å². The highest BCUT2D eigenvalue weighted by atomic mass is 16.5. The van der Waals surface area contributed by atoms with E-state index in [0.717, 1.165) is 13.1 Å². The van der Waals surface area contributed by atoms with Crippen LogP contribution in [0.15, 0.2) is 0 Å². The van der Waals surface area contributed by atoms with E-state index in [9.17, 15) is 0 Å². The number of hydrazine groups is 1. The molecule has 0 aliphatic rings. The molecule has 0 aliphatic heterocycles. The van der Waals surface area contributed by atoms with E-state index in [2.05, 4.69) is 34.2 Å². The minimum absolute atomic E-state index is 0.151. The summed E-state index contributed by atoms with van der Waals surface area (Å²) in [4.78, 5) is 17.1. The van der Waals surface area contributed by atoms with Gasteiger partial charge in [-0.05, 0) is 20.8 Å². The first-order valence-corrected chi connectivity index (χ1v) is 6.76. The number of rotatable bonds is 8. The molecule has 0 amide bonds. The van der Waals surface area contributed by atoms with Gasteiger partial charge in [0.15, 0.2) is 0 Å². The Kier molecular flexibility index (Phi) is 6.40. The van der Waals surface area contributed by atoms with Gasteiger partial charge in [-0.1, -0.05) is 0 Å². The molecule has 0 saturated carbocycles. The first kappa shape index (κ1) is 16.4. The maximum atomic E-state index is 5.44. The van der Waals surface area contributed by atoms with Crippen LogP contribution in [0.3, 0.4) is 0 Å². The molecule has 1 aromatic rings. The molecule has 3 N–H and O–H groups in total. The van der Waals surface area contributed by atoms with Gasteiger partial charge in [0.1, 0.15) is 0 Å². The zero-order valence-electron chi connectivity index (χ0n) is 12.9. The van der Waals surface area contributed by atoms with Crippen molar-refractivity contribution in [3.63, 3.8) is 0 Å². The Morgan fingerprint density at radius 3 is 2.30 bits per heavy atom. The molecule has 1 atom stereocenters. The summed E-state index contributed by atoms with van der Waals surface area (Å²) in [5.41, 5.74) is 2.49. The lowest BCUT2D eigenvalue weighted by atomic mass is 10.3. The van der Waals surface area contributed by atoms with Crippen molar-refractivity contribution in [3.8, 4) is 0 Å². The van der Waals surface area contributed by atoms with Gasteiger partial charge < -0.3 is 14.5 Å². The van der Waals surface area contributed by atoms with Gasteiger partial charge in [-0.25, -0.2) is 5.84 Å². The minimum Gasteiger partial charge on any atom is -0.383 e. The molecule has 114 valence electrons. The van der Waals surface area contributed by atoms with Crippen molar-refractivity contribution in [2.45, 2.75) is 26.8 Å². The molecule has 0 aromatic carbocycles. The number of ether oxygens (including phenoxy) is 1. The van der Waals surface area contributed by atoms with E-state index in [1.54, 1.807) is 7.11 Å². The fourth-order valence-corrected chi connectivity index (χ4v) is 1.77. The highest BCUT2D eigenvalue weighted by Gasteiger charge is 2.17. The standard InChI is InChI=1S/C12H25N7O/c1-6-19(7-2)12-15-10(17-13)14-11(16-12)18(4)9(3)8-20-5/h9H,6-8,13H2,1-5H3,(H,14,15,16,17). The molecular weight excluding hydrogens is 258 g/mol. The fourth-order valence-electron chi connectivity index (χ4n) is 1.77. The highest BCUT2D eigenvalue weighted by molar-refractivity contribution is 5.44. The number of hydrogen-bond acceptors (Lipinski definition) is 8. The minimum atomic E-state index is 0.151. The number of methoxy groups -OCH3 is 1. The number of nitrogen functional groups attached to an aromatic ring is 1. The Bertz CT molecular complexity index is 411. The smallest absolute Gasteiger partial charge is 0.243 e. The van der Waals surface area contributed by atoms with Crippen molar-refractivity contribution in [1.82, 2.24) is 15.0 Å². The predicted octanol–water partition coefficient (Wildman–Crippen LogP) is 0.475. The van der Waals surface area contributed by atoms with Crippen molar-refractivity contribution in [2.24, 2.45) is 5.84 Å². The number of anilines is 3. The molecule has 8 nitrogen and oxygen atoms in total. The number of aromatic nitrogens is 3. The van der Waals surface area contributed by atoms with Gasteiger partial charge in [0.25, 0.3) is 0 Å². The van der Waals surface area contributed by atoms with Crippen molar-refractivity contribution >= 4 is 17.8 Å². The van der Waals surface area contributed by atoms with E-state index >= 15 is 0 Å². The zero-order valence-corrected chi connectivity index (χ0v) is 12.9. The Morgan fingerprint density at radius 1 is 1.20 bits per heavy atom. The third-order valence-corrected chi connectivity index (χ3v) is 3.17. The van der Waals surface area contributed by atoms with Crippen LogP contribution in [0, 0.1) is 0 Å². The van der Waals surface area contributed by atoms with Crippen LogP contribution >= 0.6 is 0 Å². The first-order valence-electron chi connectivity index (χ1n) is 6.76. The number of nitrogens with one attached hydrogen (secondary N) is 1. The van der Waals surface area contributed by atoms with E-state index in [4.69, 9.17) is 10.6 Å². The van der Waals surface area contributed by atoms with Crippen molar-refractivity contribution < 1.29 is 4.74 Å². The van der Waals surface area contributed by atoms with Gasteiger partial charge in [-0.3, -0.25) is 5.43 Å². The monoisotopic (exact) mass is 283 g/mol. The Labute approximate surface area is 120 Å². The van der Waals surface area contributed by atoms with E-state index in [0.29, 0.717) is 24.5 Å². The Balaban J connectivity index is 3.09. The van der Waals surface area contributed by atoms with Crippen molar-refractivity contribution in [1.29, 1.82) is 0 Å². The molecule has 1 heterocycles. The summed E-state index contributed by atoms with van der Waals surface area (Å²) in [6.07, 6.45) is 0. The molecule has 0 aliphatic carbocycles. The van der Waals surface area contributed by atoms with E-state index in [1.807, 2.05) is 23.8 Å². The maximum absolute atomic E-state index is 5.44. The normalized spacial score (nSPS) is 12.1. The van der Waals surface area contributed by atoms with Crippen LogP contribution in [0.4, 0.5) is 17.8 Å². The quantitative estimate of drug-likeness (QED) is 0.525. The molecule has 0 fully saturated rings. The number of nitrogens with two attached hydrogens (primary N) is 1. The summed E-state index contributed by atoms with van der Waals surface area (Å²) < 4.78 is 5.16. The molecule has 1 rings (SSSR count). The molecule has 0 spiro atoms. The van der Waals surface area contributed by atoms with Crippen LogP contribution in [-0.2, 0) is 4.74 Å². The van der Waals surface area contributed by atoms with Gasteiger partial charge >= 0.3 is 0 Å². The SMILES string of the molecule is CCN(CC)c1nc(NN)nc(N(C)C(C)COC)n1. The molecule has 1 aromatic heterocycles. The summed E-state index contributed by atoms with van der Waals surface area (Å²) in [6, 6.07) is 0.151. The Hall–Kier alpha value is -1.67. The first-order chi connectivity index (χ1) is 9.57. The zero-order chi connectivity index (χ0) is 15.1. The van der Waals surface area contributed by atoms with Crippen molar-refractivity contribution in [3.05, 3.63) is 0 Å². The Morgan fingerprint density at radius 2 is 1.80 bits per heavy atom. The third-order valence-electron chi connectivity index (χ3n) is 3.17. The molecule has 8 heteroatoms. The van der Waals surface area contributed by atoms with E-state index in [1.165, 1.54) is 0 Å². The summed E-state index contributed by atoms with van der Waals surface area (Å²) in [7, 11) is 3.59. The van der Waals surface area contributed by atoms with Gasteiger partial charge in [0.2, 0.25) is 17.8 Å². The van der Waals surface area contributed by atoms with Gasteiger partial charge in [-0.2, -0.15) is 15.0 Å². The van der Waals surface area contributed by atoms with Gasteiger partial charge in [0, 0.05) is 27.2 Å². The maximum Gasteiger partial charge on any atom is 0.243 e. The number of hydrogen-bond donors (Lipinski definition) is 2. The lowest BCUT2D eigenvalue weighted by molar-refractivity contribution is 0.183. The predicted molar refractivity (Wildman–Crippen MR) is 80.9 cm³/mol. The molecule has 0 radical (unpaired) electrons. The lowest BCUT2D eigenvalue weighted by Gasteiger charge is -2.26. The van der Waals surface area contributed by atoms with Crippen LogP contribution < -0.4 is 21.1 Å². The van der Waals surface area contributed by atoms with E-state index in [-0.39, 0.29) is 6.04 Å². The summed E-state index contributed by atoms with van der Waals surface area (Å²) in [5, 5.41) is 0. The highest BCUT2D eigenvalue weighted by Crippen LogP contribution is 2.16. The summed E-state index contributed by atoms with van der Waals surface area (Å²) in [5.74, 6) is 6.98. The van der Waals surface area contributed by atoms with Crippen LogP contribution in [0.5, 0.6) is 0 Å².